The van der Waals surface area contributed by atoms with Gasteiger partial charge in [0.2, 0.25) is 0 Å². The van der Waals surface area contributed by atoms with Crippen molar-refractivity contribution in [3.05, 3.63) is 35.5 Å². The highest BCUT2D eigenvalue weighted by atomic mass is 16.4. The summed E-state index contributed by atoms with van der Waals surface area (Å²) in [6.07, 6.45) is 1.76. The third-order valence-corrected chi connectivity index (χ3v) is 2.79. The molecule has 0 radical (unpaired) electrons. The zero-order chi connectivity index (χ0) is 11.5. The smallest absolute Gasteiger partial charge is 0.0891 e. The maximum atomic E-state index is 9.09. The lowest BCUT2D eigenvalue weighted by atomic mass is 10.0. The first kappa shape index (κ1) is 10.7. The summed E-state index contributed by atoms with van der Waals surface area (Å²) in [5.74, 6) is 0. The topological polar surface area (TPSA) is 48.4 Å². The first-order valence-electron chi connectivity index (χ1n) is 5.56. The van der Waals surface area contributed by atoms with E-state index in [1.54, 1.807) is 0 Å². The lowest BCUT2D eigenvalue weighted by molar-refractivity contribution is 0.318. The van der Waals surface area contributed by atoms with Gasteiger partial charge in [-0.05, 0) is 19.4 Å². The average molecular weight is 216 g/mol. The molecule has 2 rings (SSSR count). The molecule has 84 valence electrons. The molecule has 0 saturated carbocycles. The van der Waals surface area contributed by atoms with E-state index >= 15 is 0 Å². The van der Waals surface area contributed by atoms with Crippen LogP contribution < -0.4 is 0 Å². The molecular formula is C13H16N2O. The zero-order valence-corrected chi connectivity index (χ0v) is 9.62. The lowest BCUT2D eigenvalue weighted by Crippen LogP contribution is -2.01. The van der Waals surface area contributed by atoms with Crippen LogP contribution in [0, 0.1) is 6.92 Å². The quantitative estimate of drug-likeness (QED) is 0.460. The van der Waals surface area contributed by atoms with E-state index in [2.05, 4.69) is 23.1 Å². The second-order valence-electron chi connectivity index (χ2n) is 3.97. The number of hydrogen-bond acceptors (Lipinski definition) is 2. The van der Waals surface area contributed by atoms with Crippen LogP contribution in [0.15, 0.2) is 29.4 Å². The van der Waals surface area contributed by atoms with Crippen LogP contribution in [0.2, 0.25) is 0 Å². The minimum Gasteiger partial charge on any atom is -0.411 e. The van der Waals surface area contributed by atoms with Crippen molar-refractivity contribution in [3.63, 3.8) is 0 Å². The Bertz CT molecular complexity index is 526. The molecule has 0 amide bonds. The number of benzene rings is 1. The van der Waals surface area contributed by atoms with Gasteiger partial charge in [0.15, 0.2) is 0 Å². The van der Waals surface area contributed by atoms with Gasteiger partial charge in [0.25, 0.3) is 0 Å². The molecule has 2 aromatic rings. The van der Waals surface area contributed by atoms with E-state index in [4.69, 9.17) is 5.21 Å². The molecular weight excluding hydrogens is 200 g/mol. The average Bonchev–Trinajstić information content (AvgIpc) is 2.62. The predicted molar refractivity (Wildman–Crippen MR) is 66.3 cm³/mol. The van der Waals surface area contributed by atoms with E-state index in [0.717, 1.165) is 40.7 Å². The Morgan fingerprint density at radius 3 is 2.81 bits per heavy atom. The highest BCUT2D eigenvalue weighted by Crippen LogP contribution is 2.23. The number of aromatic nitrogens is 1. The van der Waals surface area contributed by atoms with Crippen molar-refractivity contribution in [1.29, 1.82) is 0 Å². The molecule has 0 saturated heterocycles. The molecule has 0 aliphatic rings. The van der Waals surface area contributed by atoms with Gasteiger partial charge in [-0.15, -0.1) is 0 Å². The van der Waals surface area contributed by atoms with Gasteiger partial charge in [-0.2, -0.15) is 0 Å². The Morgan fingerprint density at radius 1 is 1.38 bits per heavy atom. The van der Waals surface area contributed by atoms with Crippen LogP contribution in [0.4, 0.5) is 0 Å². The largest absolute Gasteiger partial charge is 0.411 e. The van der Waals surface area contributed by atoms with Crippen molar-refractivity contribution >= 4 is 16.6 Å². The summed E-state index contributed by atoms with van der Waals surface area (Å²) < 4.78 is 0. The predicted octanol–water partition coefficient (Wildman–Crippen LogP) is 3.45. The van der Waals surface area contributed by atoms with E-state index in [-0.39, 0.29) is 0 Å². The molecule has 1 aromatic carbocycles. The fourth-order valence-electron chi connectivity index (χ4n) is 2.11. The number of rotatable bonds is 3. The number of fused-ring (bicyclic) bond motifs is 1. The van der Waals surface area contributed by atoms with E-state index < -0.39 is 0 Å². The number of para-hydroxylation sites is 1. The fraction of sp³-hybridized carbons (Fsp3) is 0.308. The summed E-state index contributed by atoms with van der Waals surface area (Å²) >= 11 is 0. The van der Waals surface area contributed by atoms with Crippen molar-refractivity contribution in [2.75, 3.05) is 0 Å². The maximum Gasteiger partial charge on any atom is 0.0891 e. The number of aryl methyl sites for hydroxylation is 1. The molecule has 0 aliphatic heterocycles. The number of nitrogens with zero attached hydrogens (tertiary/aromatic N) is 1. The summed E-state index contributed by atoms with van der Waals surface area (Å²) in [6, 6.07) is 8.08. The van der Waals surface area contributed by atoms with Crippen LogP contribution in [-0.2, 0) is 0 Å². The van der Waals surface area contributed by atoms with Gasteiger partial charge >= 0.3 is 0 Å². The van der Waals surface area contributed by atoms with Gasteiger partial charge in [-0.1, -0.05) is 36.7 Å². The Morgan fingerprint density at radius 2 is 2.12 bits per heavy atom. The molecule has 1 heterocycles. The van der Waals surface area contributed by atoms with E-state index in [1.165, 1.54) is 0 Å². The van der Waals surface area contributed by atoms with Crippen LogP contribution in [0.3, 0.4) is 0 Å². The highest BCUT2D eigenvalue weighted by molar-refractivity contribution is 6.11. The first-order valence-corrected chi connectivity index (χ1v) is 5.56. The van der Waals surface area contributed by atoms with Crippen molar-refractivity contribution in [1.82, 2.24) is 4.98 Å². The fourth-order valence-corrected chi connectivity index (χ4v) is 2.11. The Hall–Kier alpha value is -1.77. The van der Waals surface area contributed by atoms with Crippen molar-refractivity contribution in [3.8, 4) is 0 Å². The van der Waals surface area contributed by atoms with Gasteiger partial charge in [-0.3, -0.25) is 0 Å². The van der Waals surface area contributed by atoms with Crippen LogP contribution >= 0.6 is 0 Å². The summed E-state index contributed by atoms with van der Waals surface area (Å²) in [5, 5.41) is 13.6. The minimum atomic E-state index is 0.762. The van der Waals surface area contributed by atoms with Gasteiger partial charge in [0, 0.05) is 22.2 Å². The molecule has 0 unspecified atom stereocenters. The number of nitrogens with one attached hydrogen (secondary N) is 1. The van der Waals surface area contributed by atoms with Gasteiger partial charge < -0.3 is 10.2 Å². The number of hydrogen-bond donors (Lipinski definition) is 2. The third kappa shape index (κ3) is 1.69. The second kappa shape index (κ2) is 4.39. The Balaban J connectivity index is 2.62. The highest BCUT2D eigenvalue weighted by Gasteiger charge is 2.13. The maximum absolute atomic E-state index is 9.09. The molecule has 2 N–H and O–H groups in total. The summed E-state index contributed by atoms with van der Waals surface area (Å²) in [7, 11) is 0. The molecule has 0 fully saturated rings. The van der Waals surface area contributed by atoms with E-state index in [1.807, 2.05) is 25.1 Å². The Labute approximate surface area is 94.8 Å². The molecule has 0 aliphatic carbocycles. The summed E-state index contributed by atoms with van der Waals surface area (Å²) in [6.45, 7) is 4.09. The summed E-state index contributed by atoms with van der Waals surface area (Å²) in [4.78, 5) is 3.31. The molecule has 0 bridgehead atoms. The normalized spacial score (nSPS) is 12.2. The van der Waals surface area contributed by atoms with E-state index in [9.17, 15) is 0 Å². The van der Waals surface area contributed by atoms with Crippen LogP contribution in [-0.4, -0.2) is 15.9 Å². The lowest BCUT2D eigenvalue weighted by Gasteiger charge is -2.02. The van der Waals surface area contributed by atoms with Crippen molar-refractivity contribution < 1.29 is 5.21 Å². The molecule has 0 atom stereocenters. The van der Waals surface area contributed by atoms with E-state index in [0.29, 0.717) is 0 Å². The third-order valence-electron chi connectivity index (χ3n) is 2.79. The van der Waals surface area contributed by atoms with Gasteiger partial charge in [0.1, 0.15) is 0 Å². The number of aromatic amines is 1. The zero-order valence-electron chi connectivity index (χ0n) is 9.62. The molecule has 16 heavy (non-hydrogen) atoms. The molecule has 3 heteroatoms. The second-order valence-corrected chi connectivity index (χ2v) is 3.97. The molecule has 3 nitrogen and oxygen atoms in total. The van der Waals surface area contributed by atoms with Crippen molar-refractivity contribution in [2.45, 2.75) is 26.7 Å². The first-order chi connectivity index (χ1) is 7.77. The van der Waals surface area contributed by atoms with Crippen LogP contribution in [0.1, 0.15) is 31.0 Å². The minimum absolute atomic E-state index is 0.762. The number of H-pyrrole nitrogens is 1. The standard InChI is InChI=1S/C13H16N2O/c1-3-6-12(15-16)13-9(2)14-11-8-5-4-7-10(11)13/h4-5,7-8,14,16H,3,6H2,1-2H3. The van der Waals surface area contributed by atoms with Gasteiger partial charge in [0.05, 0.1) is 5.71 Å². The molecule has 1 aromatic heterocycles. The van der Waals surface area contributed by atoms with Crippen LogP contribution in [0.25, 0.3) is 10.9 Å². The van der Waals surface area contributed by atoms with Crippen molar-refractivity contribution in [2.24, 2.45) is 5.16 Å². The van der Waals surface area contributed by atoms with Crippen LogP contribution in [0.5, 0.6) is 0 Å². The monoisotopic (exact) mass is 216 g/mol. The molecule has 0 spiro atoms. The summed E-state index contributed by atoms with van der Waals surface area (Å²) in [5.41, 5.74) is 3.95. The SMILES string of the molecule is CCCC(=NO)c1c(C)[nH]c2ccccc12. The Kier molecular flexibility index (Phi) is 2.95. The number of oxime groups is 1. The van der Waals surface area contributed by atoms with Gasteiger partial charge in [-0.25, -0.2) is 0 Å².